The van der Waals surface area contributed by atoms with Gasteiger partial charge in [-0.15, -0.1) is 0 Å². The van der Waals surface area contributed by atoms with Gasteiger partial charge in [0.15, 0.2) is 0 Å². The number of likely N-dealkylation sites (N-methyl/N-ethyl adjacent to an activating group) is 1. The molecule has 0 bridgehead atoms. The number of hydrogen-bond acceptors (Lipinski definition) is 4. The molecule has 1 heterocycles. The van der Waals surface area contributed by atoms with E-state index in [2.05, 4.69) is 5.32 Å². The van der Waals surface area contributed by atoms with E-state index in [1.807, 2.05) is 30.1 Å². The molecule has 1 aromatic rings. The van der Waals surface area contributed by atoms with Gasteiger partial charge in [0.05, 0.1) is 19.8 Å². The first-order valence-electron chi connectivity index (χ1n) is 6.91. The van der Waals surface area contributed by atoms with E-state index in [9.17, 15) is 4.79 Å². The Morgan fingerprint density at radius 3 is 3.10 bits per heavy atom. The molecule has 1 aliphatic heterocycles. The number of carbonyl (C=O) groups excluding carboxylic acids is 1. The lowest BCUT2D eigenvalue weighted by molar-refractivity contribution is -0.117. The Morgan fingerprint density at radius 1 is 1.55 bits per heavy atom. The van der Waals surface area contributed by atoms with E-state index < -0.39 is 0 Å². The molecule has 0 saturated carbocycles. The van der Waals surface area contributed by atoms with Crippen LogP contribution in [0.25, 0.3) is 0 Å². The summed E-state index contributed by atoms with van der Waals surface area (Å²) < 4.78 is 10.7. The lowest BCUT2D eigenvalue weighted by Gasteiger charge is -2.19. The number of carbonyl (C=O) groups is 1. The van der Waals surface area contributed by atoms with Crippen molar-refractivity contribution in [2.45, 2.75) is 18.9 Å². The van der Waals surface area contributed by atoms with Crippen molar-refractivity contribution < 1.29 is 14.3 Å². The molecular formula is C15H22N2O3. The Labute approximate surface area is 119 Å². The van der Waals surface area contributed by atoms with Crippen LogP contribution in [-0.2, 0) is 9.53 Å². The van der Waals surface area contributed by atoms with Gasteiger partial charge in [-0.1, -0.05) is 6.07 Å². The van der Waals surface area contributed by atoms with Crippen LogP contribution in [0, 0.1) is 0 Å². The quantitative estimate of drug-likeness (QED) is 0.861. The number of anilines is 1. The fourth-order valence-electron chi connectivity index (χ4n) is 2.35. The standard InChI is InChI=1S/C15H22N2O3/c1-17(10-14-7-4-8-20-14)11-15(18)16-12-5-3-6-13(9-12)19-2/h3,5-6,9,14H,4,7-8,10-11H2,1-2H3,(H,16,18). The van der Waals surface area contributed by atoms with Crippen LogP contribution >= 0.6 is 0 Å². The van der Waals surface area contributed by atoms with Gasteiger partial charge < -0.3 is 14.8 Å². The highest BCUT2D eigenvalue weighted by Crippen LogP contribution is 2.17. The molecule has 0 aromatic heterocycles. The molecule has 1 fully saturated rings. The minimum absolute atomic E-state index is 0.0289. The Kier molecular flexibility index (Phi) is 5.38. The molecule has 1 N–H and O–H groups in total. The first-order chi connectivity index (χ1) is 9.67. The maximum absolute atomic E-state index is 12.0. The van der Waals surface area contributed by atoms with Gasteiger partial charge in [0.1, 0.15) is 5.75 Å². The molecular weight excluding hydrogens is 256 g/mol. The van der Waals surface area contributed by atoms with Gasteiger partial charge in [0.25, 0.3) is 0 Å². The number of ether oxygens (including phenoxy) is 2. The Bertz CT molecular complexity index is 444. The molecule has 1 amide bonds. The first-order valence-corrected chi connectivity index (χ1v) is 6.91. The third-order valence-corrected chi connectivity index (χ3v) is 3.31. The van der Waals surface area contributed by atoms with Crippen molar-refractivity contribution in [3.05, 3.63) is 24.3 Å². The molecule has 1 atom stereocenters. The third kappa shape index (κ3) is 4.51. The summed E-state index contributed by atoms with van der Waals surface area (Å²) in [5.41, 5.74) is 0.750. The molecule has 5 nitrogen and oxygen atoms in total. The summed E-state index contributed by atoms with van der Waals surface area (Å²) in [7, 11) is 3.54. The van der Waals surface area contributed by atoms with Crippen LogP contribution < -0.4 is 10.1 Å². The van der Waals surface area contributed by atoms with Gasteiger partial charge in [-0.2, -0.15) is 0 Å². The first kappa shape index (κ1) is 14.8. The van der Waals surface area contributed by atoms with Crippen LogP contribution in [0.5, 0.6) is 5.75 Å². The highest BCUT2D eigenvalue weighted by molar-refractivity contribution is 5.92. The molecule has 0 aliphatic carbocycles. The Hall–Kier alpha value is -1.59. The molecule has 1 aromatic carbocycles. The third-order valence-electron chi connectivity index (χ3n) is 3.31. The SMILES string of the molecule is COc1cccc(NC(=O)CN(C)CC2CCCO2)c1. The maximum atomic E-state index is 12.0. The van der Waals surface area contributed by atoms with Crippen LogP contribution in [-0.4, -0.2) is 50.8 Å². The van der Waals surface area contributed by atoms with Crippen molar-refractivity contribution in [1.82, 2.24) is 4.90 Å². The minimum Gasteiger partial charge on any atom is -0.497 e. The van der Waals surface area contributed by atoms with Gasteiger partial charge in [0.2, 0.25) is 5.91 Å². The van der Waals surface area contributed by atoms with E-state index in [-0.39, 0.29) is 12.0 Å². The van der Waals surface area contributed by atoms with Crippen molar-refractivity contribution in [2.75, 3.05) is 39.2 Å². The second kappa shape index (κ2) is 7.26. The summed E-state index contributed by atoms with van der Waals surface area (Å²) in [6, 6.07) is 7.35. The number of nitrogens with zero attached hydrogens (tertiary/aromatic N) is 1. The lowest BCUT2D eigenvalue weighted by atomic mass is 10.2. The van der Waals surface area contributed by atoms with Gasteiger partial charge in [-0.3, -0.25) is 9.69 Å². The van der Waals surface area contributed by atoms with Crippen LogP contribution in [0.4, 0.5) is 5.69 Å². The number of amides is 1. The molecule has 20 heavy (non-hydrogen) atoms. The minimum atomic E-state index is -0.0289. The Morgan fingerprint density at radius 2 is 2.40 bits per heavy atom. The zero-order valence-corrected chi connectivity index (χ0v) is 12.1. The topological polar surface area (TPSA) is 50.8 Å². The van der Waals surface area contributed by atoms with Crippen molar-refractivity contribution in [2.24, 2.45) is 0 Å². The van der Waals surface area contributed by atoms with E-state index >= 15 is 0 Å². The molecule has 1 saturated heterocycles. The van der Waals surface area contributed by atoms with Crippen molar-refractivity contribution in [3.63, 3.8) is 0 Å². The fraction of sp³-hybridized carbons (Fsp3) is 0.533. The van der Waals surface area contributed by atoms with E-state index in [4.69, 9.17) is 9.47 Å². The largest absolute Gasteiger partial charge is 0.497 e. The lowest BCUT2D eigenvalue weighted by Crippen LogP contribution is -2.35. The molecule has 1 unspecified atom stereocenters. The normalized spacial score (nSPS) is 18.2. The average Bonchev–Trinajstić information content (AvgIpc) is 2.91. The summed E-state index contributed by atoms with van der Waals surface area (Å²) >= 11 is 0. The summed E-state index contributed by atoms with van der Waals surface area (Å²) in [6.07, 6.45) is 2.47. The molecule has 0 spiro atoms. The molecule has 110 valence electrons. The number of benzene rings is 1. The van der Waals surface area contributed by atoms with Gasteiger partial charge >= 0.3 is 0 Å². The van der Waals surface area contributed by atoms with E-state index in [0.29, 0.717) is 6.54 Å². The van der Waals surface area contributed by atoms with Gasteiger partial charge in [0, 0.05) is 24.9 Å². The monoisotopic (exact) mass is 278 g/mol. The van der Waals surface area contributed by atoms with E-state index in [1.54, 1.807) is 13.2 Å². The zero-order valence-electron chi connectivity index (χ0n) is 12.1. The summed E-state index contributed by atoms with van der Waals surface area (Å²) in [5.74, 6) is 0.703. The smallest absolute Gasteiger partial charge is 0.238 e. The van der Waals surface area contributed by atoms with Crippen molar-refractivity contribution in [3.8, 4) is 5.75 Å². The summed E-state index contributed by atoms with van der Waals surface area (Å²) in [5, 5.41) is 2.87. The van der Waals surface area contributed by atoms with Crippen LogP contribution in [0.3, 0.4) is 0 Å². The Balaban J connectivity index is 1.78. The van der Waals surface area contributed by atoms with Crippen molar-refractivity contribution >= 4 is 11.6 Å². The maximum Gasteiger partial charge on any atom is 0.238 e. The highest BCUT2D eigenvalue weighted by Gasteiger charge is 2.18. The molecule has 2 rings (SSSR count). The predicted octanol–water partition coefficient (Wildman–Crippen LogP) is 1.74. The zero-order chi connectivity index (χ0) is 14.4. The highest BCUT2D eigenvalue weighted by atomic mass is 16.5. The van der Waals surface area contributed by atoms with Crippen LogP contribution in [0.2, 0.25) is 0 Å². The molecule has 1 aliphatic rings. The van der Waals surface area contributed by atoms with Crippen LogP contribution in [0.15, 0.2) is 24.3 Å². The van der Waals surface area contributed by atoms with Gasteiger partial charge in [-0.05, 0) is 32.0 Å². The number of rotatable bonds is 6. The number of hydrogen-bond donors (Lipinski definition) is 1. The number of methoxy groups -OCH3 is 1. The van der Waals surface area contributed by atoms with Crippen LogP contribution in [0.1, 0.15) is 12.8 Å². The van der Waals surface area contributed by atoms with E-state index in [1.165, 1.54) is 0 Å². The summed E-state index contributed by atoms with van der Waals surface area (Å²) in [6.45, 7) is 2.00. The second-order valence-corrected chi connectivity index (χ2v) is 5.11. The predicted molar refractivity (Wildman–Crippen MR) is 78.1 cm³/mol. The van der Waals surface area contributed by atoms with Crippen molar-refractivity contribution in [1.29, 1.82) is 0 Å². The fourth-order valence-corrected chi connectivity index (χ4v) is 2.35. The summed E-state index contributed by atoms with van der Waals surface area (Å²) in [4.78, 5) is 14.0. The molecule has 0 radical (unpaired) electrons. The van der Waals surface area contributed by atoms with Gasteiger partial charge in [-0.25, -0.2) is 0 Å². The number of nitrogens with one attached hydrogen (secondary N) is 1. The molecule has 5 heteroatoms. The average molecular weight is 278 g/mol. The second-order valence-electron chi connectivity index (χ2n) is 5.11. The van der Waals surface area contributed by atoms with E-state index in [0.717, 1.165) is 37.4 Å².